The molecular formula is C78H152O17P2. The van der Waals surface area contributed by atoms with E-state index in [0.29, 0.717) is 31.6 Å². The largest absolute Gasteiger partial charge is 0.472 e. The Balaban J connectivity index is 5.20. The Hall–Kier alpha value is -1.94. The summed E-state index contributed by atoms with van der Waals surface area (Å²) in [7, 11) is -9.91. The van der Waals surface area contributed by atoms with Gasteiger partial charge in [-0.2, -0.15) is 0 Å². The summed E-state index contributed by atoms with van der Waals surface area (Å²) in [6, 6.07) is 0. The van der Waals surface area contributed by atoms with Crippen LogP contribution in [0.5, 0.6) is 0 Å². The van der Waals surface area contributed by atoms with E-state index in [1.807, 2.05) is 0 Å². The minimum absolute atomic E-state index is 0.104. The van der Waals surface area contributed by atoms with Gasteiger partial charge in [-0.05, 0) is 37.5 Å². The molecule has 3 N–H and O–H groups in total. The SMILES string of the molecule is CCCCCCCCCCCCCCCCCCCCCCC(=O)O[C@H](COC(=O)CCCCCCCCCCCCCCCCCCC)COP(=O)(O)OC[C@@H](O)COP(=O)(O)OC[C@@H](COC(=O)CCCCCCCCC(C)C)OC(=O)CCCCCCCCCCC(C)C. The van der Waals surface area contributed by atoms with E-state index < -0.39 is 97.5 Å². The van der Waals surface area contributed by atoms with Gasteiger partial charge in [0.15, 0.2) is 12.2 Å². The van der Waals surface area contributed by atoms with Crippen molar-refractivity contribution >= 4 is 39.5 Å². The Labute approximate surface area is 594 Å². The standard InChI is InChI=1S/C78H152O17P2/c1-7-9-11-13-15-17-19-21-23-25-26-27-29-31-33-35-37-42-50-56-62-77(82)94-73(66-88-75(80)60-54-48-41-36-34-32-30-28-24-22-20-18-16-14-12-10-8-2)68-92-96(84,85)90-64-72(79)65-91-97(86,87)93-69-74(67-89-76(81)61-55-49-45-44-47-53-59-71(5)6)95-78(83)63-57-51-43-39-38-40-46-52-58-70(3)4/h70-74,79H,7-69H2,1-6H3,(H,84,85)(H,86,87)/t72-,73-,74-/m1/s1. The molecule has 0 spiro atoms. The number of aliphatic hydroxyl groups is 1. The first-order chi connectivity index (χ1) is 46.9. The van der Waals surface area contributed by atoms with Crippen LogP contribution in [0.4, 0.5) is 0 Å². The lowest BCUT2D eigenvalue weighted by molar-refractivity contribution is -0.161. The fourth-order valence-corrected chi connectivity index (χ4v) is 13.6. The molecule has 0 saturated carbocycles. The van der Waals surface area contributed by atoms with E-state index in [-0.39, 0.29) is 25.7 Å². The van der Waals surface area contributed by atoms with Crippen molar-refractivity contribution in [3.05, 3.63) is 0 Å². The predicted molar refractivity (Wildman–Crippen MR) is 395 cm³/mol. The zero-order valence-electron chi connectivity index (χ0n) is 63.4. The summed E-state index contributed by atoms with van der Waals surface area (Å²) >= 11 is 0. The molecule has 0 heterocycles. The van der Waals surface area contributed by atoms with Gasteiger partial charge in [-0.1, -0.05) is 356 Å². The molecule has 2 unspecified atom stereocenters. The third-order valence-electron chi connectivity index (χ3n) is 18.2. The van der Waals surface area contributed by atoms with Crippen LogP contribution in [0.2, 0.25) is 0 Å². The average molecular weight is 1420 g/mol. The summed E-state index contributed by atoms with van der Waals surface area (Å²) < 4.78 is 68.5. The van der Waals surface area contributed by atoms with Gasteiger partial charge in [0, 0.05) is 25.7 Å². The Kier molecular flexibility index (Phi) is 68.4. The maximum absolute atomic E-state index is 13.1. The minimum Gasteiger partial charge on any atom is -0.462 e. The van der Waals surface area contributed by atoms with E-state index in [9.17, 15) is 43.2 Å². The molecule has 0 aromatic carbocycles. The predicted octanol–water partition coefficient (Wildman–Crippen LogP) is 23.1. The molecule has 97 heavy (non-hydrogen) atoms. The number of carbonyl (C=O) groups excluding carboxylic acids is 4. The van der Waals surface area contributed by atoms with Crippen molar-refractivity contribution < 1.29 is 80.2 Å². The molecule has 17 nitrogen and oxygen atoms in total. The number of unbranched alkanes of at least 4 members (excludes halogenated alkanes) is 47. The second-order valence-electron chi connectivity index (χ2n) is 29.1. The van der Waals surface area contributed by atoms with Crippen LogP contribution < -0.4 is 0 Å². The van der Waals surface area contributed by atoms with Gasteiger partial charge in [-0.25, -0.2) is 9.13 Å². The van der Waals surface area contributed by atoms with Gasteiger partial charge < -0.3 is 33.8 Å². The Morgan fingerprint density at radius 1 is 0.278 bits per heavy atom. The van der Waals surface area contributed by atoms with E-state index in [4.69, 9.17) is 37.0 Å². The fourth-order valence-electron chi connectivity index (χ4n) is 12.0. The quantitative estimate of drug-likeness (QED) is 0.0222. The van der Waals surface area contributed by atoms with Gasteiger partial charge >= 0.3 is 39.5 Å². The molecule has 0 saturated heterocycles. The first kappa shape index (κ1) is 95.1. The number of hydrogen-bond donors (Lipinski definition) is 3. The highest BCUT2D eigenvalue weighted by Gasteiger charge is 2.30. The highest BCUT2D eigenvalue weighted by atomic mass is 31.2. The lowest BCUT2D eigenvalue weighted by Crippen LogP contribution is -2.30. The molecule has 576 valence electrons. The number of ether oxygens (including phenoxy) is 4. The van der Waals surface area contributed by atoms with Crippen molar-refractivity contribution in [3.63, 3.8) is 0 Å². The van der Waals surface area contributed by atoms with Crippen LogP contribution in [-0.2, 0) is 65.4 Å². The average Bonchev–Trinajstić information content (AvgIpc) is 1.29. The molecule has 0 aromatic heterocycles. The van der Waals surface area contributed by atoms with Crippen molar-refractivity contribution in [3.8, 4) is 0 Å². The number of phosphoric acid groups is 2. The van der Waals surface area contributed by atoms with Crippen LogP contribution >= 0.6 is 15.6 Å². The molecule has 5 atom stereocenters. The van der Waals surface area contributed by atoms with Crippen molar-refractivity contribution in [1.29, 1.82) is 0 Å². The number of aliphatic hydroxyl groups excluding tert-OH is 1. The molecule has 19 heteroatoms. The smallest absolute Gasteiger partial charge is 0.462 e. The van der Waals surface area contributed by atoms with Crippen LogP contribution in [0.3, 0.4) is 0 Å². The van der Waals surface area contributed by atoms with E-state index >= 15 is 0 Å². The molecule has 0 rings (SSSR count). The third-order valence-corrected chi connectivity index (χ3v) is 20.1. The van der Waals surface area contributed by atoms with Crippen LogP contribution in [0.1, 0.15) is 408 Å². The van der Waals surface area contributed by atoms with Crippen molar-refractivity contribution in [2.75, 3.05) is 39.6 Å². The fraction of sp³-hybridized carbons (Fsp3) is 0.949. The zero-order chi connectivity index (χ0) is 71.4. The first-order valence-electron chi connectivity index (χ1n) is 40.5. The molecule has 0 radical (unpaired) electrons. The maximum atomic E-state index is 13.1. The monoisotopic (exact) mass is 1420 g/mol. The number of esters is 4. The van der Waals surface area contributed by atoms with Crippen molar-refractivity contribution in [1.82, 2.24) is 0 Å². The lowest BCUT2D eigenvalue weighted by Gasteiger charge is -2.21. The number of phosphoric ester groups is 2. The van der Waals surface area contributed by atoms with Crippen LogP contribution in [0.15, 0.2) is 0 Å². The molecule has 0 bridgehead atoms. The van der Waals surface area contributed by atoms with Gasteiger partial charge in [0.2, 0.25) is 0 Å². The first-order valence-corrected chi connectivity index (χ1v) is 43.5. The van der Waals surface area contributed by atoms with E-state index in [1.54, 1.807) is 0 Å². The molecule has 0 aliphatic heterocycles. The molecule has 0 aromatic rings. The van der Waals surface area contributed by atoms with Crippen LogP contribution in [0, 0.1) is 11.8 Å². The normalized spacial score (nSPS) is 14.0. The number of rotatable bonds is 77. The molecular weight excluding hydrogens is 1270 g/mol. The Bertz CT molecular complexity index is 1870. The van der Waals surface area contributed by atoms with Gasteiger partial charge in [0.1, 0.15) is 19.3 Å². The Morgan fingerprint density at radius 2 is 0.474 bits per heavy atom. The molecule has 0 aliphatic carbocycles. The summed E-state index contributed by atoms with van der Waals surface area (Å²) in [6.45, 7) is 9.48. The number of hydrogen-bond acceptors (Lipinski definition) is 15. The van der Waals surface area contributed by atoms with Gasteiger partial charge in [-0.15, -0.1) is 0 Å². The zero-order valence-corrected chi connectivity index (χ0v) is 65.2. The summed E-state index contributed by atoms with van der Waals surface area (Å²) in [5.74, 6) is -0.720. The second kappa shape index (κ2) is 69.8. The highest BCUT2D eigenvalue weighted by molar-refractivity contribution is 7.47. The summed E-state index contributed by atoms with van der Waals surface area (Å²) in [6.07, 6.45) is 58.6. The molecule has 0 fully saturated rings. The van der Waals surface area contributed by atoms with Crippen LogP contribution in [0.25, 0.3) is 0 Å². The summed E-state index contributed by atoms with van der Waals surface area (Å²) in [5.41, 5.74) is 0. The molecule has 0 aliphatic rings. The number of carbonyl (C=O) groups is 4. The minimum atomic E-state index is -4.96. The third kappa shape index (κ3) is 72.2. The van der Waals surface area contributed by atoms with E-state index in [2.05, 4.69) is 41.5 Å². The van der Waals surface area contributed by atoms with Crippen molar-refractivity contribution in [2.45, 2.75) is 426 Å². The second-order valence-corrected chi connectivity index (χ2v) is 32.0. The van der Waals surface area contributed by atoms with E-state index in [0.717, 1.165) is 102 Å². The van der Waals surface area contributed by atoms with Gasteiger partial charge in [0.25, 0.3) is 0 Å². The summed E-state index contributed by atoms with van der Waals surface area (Å²) in [4.78, 5) is 72.8. The van der Waals surface area contributed by atoms with Gasteiger partial charge in [0.05, 0.1) is 26.4 Å². The van der Waals surface area contributed by atoms with Gasteiger partial charge in [-0.3, -0.25) is 37.3 Å². The topological polar surface area (TPSA) is 237 Å². The van der Waals surface area contributed by atoms with Crippen LogP contribution in [-0.4, -0.2) is 96.7 Å². The highest BCUT2D eigenvalue weighted by Crippen LogP contribution is 2.45. The Morgan fingerprint density at radius 3 is 0.701 bits per heavy atom. The maximum Gasteiger partial charge on any atom is 0.472 e. The lowest BCUT2D eigenvalue weighted by atomic mass is 10.0. The summed E-state index contributed by atoms with van der Waals surface area (Å²) in [5, 5.41) is 10.6. The van der Waals surface area contributed by atoms with E-state index in [1.165, 1.54) is 218 Å². The molecule has 0 amide bonds. The van der Waals surface area contributed by atoms with Crippen molar-refractivity contribution in [2.24, 2.45) is 11.8 Å².